The molecule has 0 saturated heterocycles. The van der Waals surface area contributed by atoms with E-state index >= 15 is 0 Å². The van der Waals surface area contributed by atoms with E-state index in [9.17, 15) is 0 Å². The zero-order chi connectivity index (χ0) is 12.2. The van der Waals surface area contributed by atoms with Gasteiger partial charge in [0.1, 0.15) is 0 Å². The van der Waals surface area contributed by atoms with Gasteiger partial charge in [0.05, 0.1) is 17.9 Å². The summed E-state index contributed by atoms with van der Waals surface area (Å²) in [6.07, 6.45) is 6.09. The highest BCUT2D eigenvalue weighted by Gasteiger charge is 2.24. The van der Waals surface area contributed by atoms with Gasteiger partial charge in [0.15, 0.2) is 0 Å². The molecule has 3 N–H and O–H groups in total. The summed E-state index contributed by atoms with van der Waals surface area (Å²) in [5.74, 6) is 6.13. The van der Waals surface area contributed by atoms with Crippen LogP contribution in [-0.2, 0) is 0 Å². The molecular weight excluding hydrogens is 200 g/mol. The average molecular weight is 222 g/mol. The van der Waals surface area contributed by atoms with Gasteiger partial charge in [-0.1, -0.05) is 27.7 Å². The van der Waals surface area contributed by atoms with Gasteiger partial charge in [0.25, 0.3) is 0 Å². The minimum absolute atomic E-state index is 0.0722. The van der Waals surface area contributed by atoms with E-state index in [2.05, 4.69) is 43.1 Å². The first kappa shape index (κ1) is 13.1. The molecule has 0 bridgehead atoms. The summed E-state index contributed by atoms with van der Waals surface area (Å²) in [6.45, 7) is 8.95. The Balaban J connectivity index is 2.70. The third kappa shape index (κ3) is 3.54. The normalized spacial score (nSPS) is 15.8. The Labute approximate surface area is 97.7 Å². The molecule has 0 aliphatic carbocycles. The largest absolute Gasteiger partial charge is 0.271 e. The van der Waals surface area contributed by atoms with Crippen molar-refractivity contribution in [3.63, 3.8) is 0 Å². The topological polar surface area (TPSA) is 63.8 Å². The molecule has 0 amide bonds. The molecule has 0 aromatic carbocycles. The summed E-state index contributed by atoms with van der Waals surface area (Å²) in [5, 5.41) is 0. The van der Waals surface area contributed by atoms with Gasteiger partial charge in [-0.2, -0.15) is 0 Å². The summed E-state index contributed by atoms with van der Waals surface area (Å²) in [7, 11) is 0. The van der Waals surface area contributed by atoms with Crippen LogP contribution < -0.4 is 11.3 Å². The van der Waals surface area contributed by atoms with Gasteiger partial charge in [-0.3, -0.25) is 21.2 Å². The smallest absolute Gasteiger partial charge is 0.0769 e. The van der Waals surface area contributed by atoms with Crippen LogP contribution in [0.15, 0.2) is 18.6 Å². The monoisotopic (exact) mass is 222 g/mol. The van der Waals surface area contributed by atoms with Crippen molar-refractivity contribution in [2.45, 2.75) is 40.2 Å². The van der Waals surface area contributed by atoms with E-state index in [1.54, 1.807) is 18.6 Å². The summed E-state index contributed by atoms with van der Waals surface area (Å²) in [6, 6.07) is 0.0722. The van der Waals surface area contributed by atoms with Gasteiger partial charge < -0.3 is 0 Å². The fraction of sp³-hybridized carbons (Fsp3) is 0.667. The van der Waals surface area contributed by atoms with Gasteiger partial charge in [0, 0.05) is 12.4 Å². The van der Waals surface area contributed by atoms with Gasteiger partial charge in [0.2, 0.25) is 0 Å². The first-order chi connectivity index (χ1) is 7.45. The Morgan fingerprint density at radius 1 is 1.38 bits per heavy atom. The second-order valence-electron chi connectivity index (χ2n) is 5.35. The fourth-order valence-electron chi connectivity index (χ4n) is 1.47. The standard InChI is InChI=1S/C12H22N4/c1-9(12(2,3)4)7-10(16-13)11-8-14-5-6-15-11/h5-6,8-10,16H,7,13H2,1-4H3. The second-order valence-corrected chi connectivity index (χ2v) is 5.35. The van der Waals surface area contributed by atoms with Gasteiger partial charge >= 0.3 is 0 Å². The van der Waals surface area contributed by atoms with E-state index in [0.717, 1.165) is 12.1 Å². The maximum atomic E-state index is 5.58. The maximum Gasteiger partial charge on any atom is 0.0769 e. The lowest BCUT2D eigenvalue weighted by atomic mass is 9.78. The van der Waals surface area contributed by atoms with Crippen molar-refractivity contribution >= 4 is 0 Å². The molecule has 16 heavy (non-hydrogen) atoms. The molecule has 0 aliphatic rings. The van der Waals surface area contributed by atoms with Gasteiger partial charge in [-0.05, 0) is 17.8 Å². The molecule has 4 nitrogen and oxygen atoms in total. The Bertz CT molecular complexity index is 305. The van der Waals surface area contributed by atoms with E-state index in [1.807, 2.05) is 0 Å². The number of nitrogens with one attached hydrogen (secondary N) is 1. The molecule has 0 radical (unpaired) electrons. The van der Waals surface area contributed by atoms with Crippen molar-refractivity contribution in [2.75, 3.05) is 0 Å². The number of aromatic nitrogens is 2. The summed E-state index contributed by atoms with van der Waals surface area (Å²) >= 11 is 0. The molecule has 0 saturated carbocycles. The quantitative estimate of drug-likeness (QED) is 0.604. The summed E-state index contributed by atoms with van der Waals surface area (Å²) in [4.78, 5) is 8.34. The lowest BCUT2D eigenvalue weighted by Gasteiger charge is -2.30. The van der Waals surface area contributed by atoms with Crippen molar-refractivity contribution in [3.05, 3.63) is 24.3 Å². The van der Waals surface area contributed by atoms with Crippen LogP contribution in [0.3, 0.4) is 0 Å². The van der Waals surface area contributed by atoms with Crippen LogP contribution in [0.4, 0.5) is 0 Å². The molecule has 90 valence electrons. The zero-order valence-electron chi connectivity index (χ0n) is 10.6. The molecule has 0 spiro atoms. The number of hydrogen-bond donors (Lipinski definition) is 2. The SMILES string of the molecule is CC(CC(NN)c1cnccn1)C(C)(C)C. The van der Waals surface area contributed by atoms with Gasteiger partial charge in [-0.15, -0.1) is 0 Å². The highest BCUT2D eigenvalue weighted by Crippen LogP contribution is 2.32. The third-order valence-corrected chi connectivity index (χ3v) is 3.21. The minimum atomic E-state index is 0.0722. The van der Waals surface area contributed by atoms with Crippen LogP contribution in [0.2, 0.25) is 0 Å². The Kier molecular flexibility index (Phi) is 4.38. The van der Waals surface area contributed by atoms with Crippen molar-refractivity contribution < 1.29 is 0 Å². The second kappa shape index (κ2) is 5.37. The molecule has 2 unspecified atom stereocenters. The first-order valence-corrected chi connectivity index (χ1v) is 5.67. The number of rotatable bonds is 4. The zero-order valence-corrected chi connectivity index (χ0v) is 10.6. The minimum Gasteiger partial charge on any atom is -0.271 e. The lowest BCUT2D eigenvalue weighted by molar-refractivity contribution is 0.222. The summed E-state index contributed by atoms with van der Waals surface area (Å²) < 4.78 is 0. The predicted molar refractivity (Wildman–Crippen MR) is 65.3 cm³/mol. The van der Waals surface area contributed by atoms with Crippen molar-refractivity contribution in [3.8, 4) is 0 Å². The van der Waals surface area contributed by atoms with Crippen LogP contribution in [0, 0.1) is 11.3 Å². The van der Waals surface area contributed by atoms with E-state index in [4.69, 9.17) is 5.84 Å². The Morgan fingerprint density at radius 2 is 2.06 bits per heavy atom. The van der Waals surface area contributed by atoms with Crippen molar-refractivity contribution in [2.24, 2.45) is 17.2 Å². The van der Waals surface area contributed by atoms with Crippen LogP contribution in [0.25, 0.3) is 0 Å². The number of hydrazine groups is 1. The molecule has 4 heteroatoms. The van der Waals surface area contributed by atoms with Crippen molar-refractivity contribution in [1.29, 1.82) is 0 Å². The molecule has 1 heterocycles. The lowest BCUT2D eigenvalue weighted by Crippen LogP contribution is -2.32. The average Bonchev–Trinajstić information content (AvgIpc) is 2.25. The number of nitrogens with two attached hydrogens (primary N) is 1. The Hall–Kier alpha value is -1.00. The molecule has 0 fully saturated rings. The van der Waals surface area contributed by atoms with E-state index < -0.39 is 0 Å². The predicted octanol–water partition coefficient (Wildman–Crippen LogP) is 2.05. The van der Waals surface area contributed by atoms with Crippen LogP contribution in [0.5, 0.6) is 0 Å². The van der Waals surface area contributed by atoms with Gasteiger partial charge in [-0.25, -0.2) is 0 Å². The van der Waals surface area contributed by atoms with Crippen LogP contribution >= 0.6 is 0 Å². The number of nitrogens with zero attached hydrogens (tertiary/aromatic N) is 2. The van der Waals surface area contributed by atoms with E-state index in [1.165, 1.54) is 0 Å². The first-order valence-electron chi connectivity index (χ1n) is 5.67. The maximum absolute atomic E-state index is 5.58. The molecule has 1 rings (SSSR count). The molecule has 2 atom stereocenters. The summed E-state index contributed by atoms with van der Waals surface area (Å²) in [5.41, 5.74) is 4.00. The fourth-order valence-corrected chi connectivity index (χ4v) is 1.47. The third-order valence-electron chi connectivity index (χ3n) is 3.21. The van der Waals surface area contributed by atoms with Crippen LogP contribution in [-0.4, -0.2) is 9.97 Å². The van der Waals surface area contributed by atoms with Crippen molar-refractivity contribution in [1.82, 2.24) is 15.4 Å². The molecule has 1 aromatic rings. The Morgan fingerprint density at radius 3 is 2.50 bits per heavy atom. The van der Waals surface area contributed by atoms with E-state index in [0.29, 0.717) is 5.92 Å². The van der Waals surface area contributed by atoms with E-state index in [-0.39, 0.29) is 11.5 Å². The molecular formula is C12H22N4. The highest BCUT2D eigenvalue weighted by molar-refractivity contribution is 5.02. The molecule has 1 aromatic heterocycles. The highest BCUT2D eigenvalue weighted by atomic mass is 15.2. The molecule has 0 aliphatic heterocycles. The van der Waals surface area contributed by atoms with Crippen LogP contribution in [0.1, 0.15) is 45.9 Å². The number of hydrogen-bond acceptors (Lipinski definition) is 4.